The van der Waals surface area contributed by atoms with Gasteiger partial charge in [0, 0.05) is 24.2 Å². The Kier molecular flexibility index (Phi) is 3.45. The SMILES string of the molecule is CC(C)N1CCC(N)C1c1c(F)cccc1F. The highest BCUT2D eigenvalue weighted by Gasteiger charge is 2.37. The van der Waals surface area contributed by atoms with E-state index >= 15 is 0 Å². The molecule has 2 unspecified atom stereocenters. The van der Waals surface area contributed by atoms with Crippen LogP contribution in [-0.4, -0.2) is 23.5 Å². The molecule has 0 saturated carbocycles. The number of hydrogen-bond donors (Lipinski definition) is 1. The Labute approximate surface area is 100 Å². The van der Waals surface area contributed by atoms with Crippen LogP contribution in [0.2, 0.25) is 0 Å². The van der Waals surface area contributed by atoms with E-state index in [9.17, 15) is 8.78 Å². The van der Waals surface area contributed by atoms with Crippen molar-refractivity contribution in [2.75, 3.05) is 6.54 Å². The fourth-order valence-corrected chi connectivity index (χ4v) is 2.59. The van der Waals surface area contributed by atoms with E-state index in [0.29, 0.717) is 0 Å². The van der Waals surface area contributed by atoms with Crippen molar-refractivity contribution in [2.24, 2.45) is 5.73 Å². The third kappa shape index (κ3) is 2.19. The van der Waals surface area contributed by atoms with Gasteiger partial charge < -0.3 is 5.73 Å². The van der Waals surface area contributed by atoms with Crippen LogP contribution in [-0.2, 0) is 0 Å². The summed E-state index contributed by atoms with van der Waals surface area (Å²) in [5.74, 6) is -1.00. The molecule has 0 radical (unpaired) electrons. The van der Waals surface area contributed by atoms with Gasteiger partial charge in [-0.1, -0.05) is 6.07 Å². The lowest BCUT2D eigenvalue weighted by atomic mass is 9.99. The Morgan fingerprint density at radius 3 is 2.41 bits per heavy atom. The maximum absolute atomic E-state index is 13.8. The van der Waals surface area contributed by atoms with Crippen LogP contribution in [0.25, 0.3) is 0 Å². The molecule has 0 spiro atoms. The normalized spacial score (nSPS) is 25.8. The fourth-order valence-electron chi connectivity index (χ4n) is 2.59. The highest BCUT2D eigenvalue weighted by molar-refractivity contribution is 5.26. The van der Waals surface area contributed by atoms with Gasteiger partial charge in [0.1, 0.15) is 11.6 Å². The monoisotopic (exact) mass is 240 g/mol. The van der Waals surface area contributed by atoms with Crippen LogP contribution in [0.1, 0.15) is 31.9 Å². The lowest BCUT2D eigenvalue weighted by Gasteiger charge is -2.30. The van der Waals surface area contributed by atoms with Gasteiger partial charge in [-0.25, -0.2) is 8.78 Å². The van der Waals surface area contributed by atoms with Gasteiger partial charge in [0.25, 0.3) is 0 Å². The summed E-state index contributed by atoms with van der Waals surface area (Å²) < 4.78 is 27.6. The highest BCUT2D eigenvalue weighted by atomic mass is 19.1. The predicted octanol–water partition coefficient (Wildman–Crippen LogP) is 2.45. The van der Waals surface area contributed by atoms with E-state index in [2.05, 4.69) is 4.90 Å². The molecule has 17 heavy (non-hydrogen) atoms. The van der Waals surface area contributed by atoms with Gasteiger partial charge in [-0.15, -0.1) is 0 Å². The van der Waals surface area contributed by atoms with Crippen molar-refractivity contribution in [3.63, 3.8) is 0 Å². The zero-order chi connectivity index (χ0) is 12.6. The highest BCUT2D eigenvalue weighted by Crippen LogP contribution is 2.35. The Balaban J connectivity index is 2.43. The second-order valence-electron chi connectivity index (χ2n) is 4.86. The van der Waals surface area contributed by atoms with Crippen LogP contribution in [0.15, 0.2) is 18.2 Å². The fraction of sp³-hybridized carbons (Fsp3) is 0.538. The first-order chi connectivity index (χ1) is 8.02. The molecule has 1 aliphatic rings. The van der Waals surface area contributed by atoms with Gasteiger partial charge in [-0.05, 0) is 32.4 Å². The number of nitrogens with two attached hydrogens (primary N) is 1. The number of halogens is 2. The molecule has 1 aromatic carbocycles. The molecule has 94 valence electrons. The smallest absolute Gasteiger partial charge is 0.130 e. The Bertz CT molecular complexity index is 386. The Hall–Kier alpha value is -1.00. The van der Waals surface area contributed by atoms with Crippen molar-refractivity contribution >= 4 is 0 Å². The molecule has 0 bridgehead atoms. The molecule has 1 aliphatic heterocycles. The van der Waals surface area contributed by atoms with Crippen LogP contribution < -0.4 is 5.73 Å². The van der Waals surface area contributed by atoms with Gasteiger partial charge in [-0.3, -0.25) is 4.90 Å². The van der Waals surface area contributed by atoms with Gasteiger partial charge >= 0.3 is 0 Å². The summed E-state index contributed by atoms with van der Waals surface area (Å²) >= 11 is 0. The summed E-state index contributed by atoms with van der Waals surface area (Å²) in [6.07, 6.45) is 0.774. The molecule has 0 aliphatic carbocycles. The topological polar surface area (TPSA) is 29.3 Å². The van der Waals surface area contributed by atoms with Crippen LogP contribution >= 0.6 is 0 Å². The summed E-state index contributed by atoms with van der Waals surface area (Å²) in [7, 11) is 0. The second-order valence-corrected chi connectivity index (χ2v) is 4.86. The van der Waals surface area contributed by atoms with Gasteiger partial charge in [-0.2, -0.15) is 0 Å². The van der Waals surface area contributed by atoms with E-state index in [1.807, 2.05) is 13.8 Å². The molecular weight excluding hydrogens is 222 g/mol. The van der Waals surface area contributed by atoms with Crippen molar-refractivity contribution in [2.45, 2.75) is 38.4 Å². The van der Waals surface area contributed by atoms with Gasteiger partial charge in [0.05, 0.1) is 6.04 Å². The maximum Gasteiger partial charge on any atom is 0.130 e. The molecule has 1 fully saturated rings. The van der Waals surface area contributed by atoms with Crippen LogP contribution in [0, 0.1) is 11.6 Å². The summed E-state index contributed by atoms with van der Waals surface area (Å²) in [6.45, 7) is 4.82. The first-order valence-corrected chi connectivity index (χ1v) is 5.97. The molecule has 0 aromatic heterocycles. The maximum atomic E-state index is 13.8. The predicted molar refractivity (Wildman–Crippen MR) is 63.5 cm³/mol. The Morgan fingerprint density at radius 2 is 1.88 bits per heavy atom. The van der Waals surface area contributed by atoms with Crippen molar-refractivity contribution in [1.82, 2.24) is 4.90 Å². The summed E-state index contributed by atoms with van der Waals surface area (Å²) in [6, 6.07) is 3.64. The third-order valence-corrected chi connectivity index (χ3v) is 3.44. The van der Waals surface area contributed by atoms with E-state index in [4.69, 9.17) is 5.73 Å². The van der Waals surface area contributed by atoms with Crippen LogP contribution in [0.3, 0.4) is 0 Å². The zero-order valence-corrected chi connectivity index (χ0v) is 10.2. The van der Waals surface area contributed by atoms with Crippen molar-refractivity contribution < 1.29 is 8.78 Å². The number of hydrogen-bond acceptors (Lipinski definition) is 2. The van der Waals surface area contributed by atoms with Gasteiger partial charge in [0.2, 0.25) is 0 Å². The number of likely N-dealkylation sites (tertiary alicyclic amines) is 1. The molecule has 2 rings (SSSR count). The molecular formula is C13H18F2N2. The zero-order valence-electron chi connectivity index (χ0n) is 10.2. The lowest BCUT2D eigenvalue weighted by Crippen LogP contribution is -2.37. The molecule has 0 amide bonds. The molecule has 1 aromatic rings. The third-order valence-electron chi connectivity index (χ3n) is 3.44. The Morgan fingerprint density at radius 1 is 1.29 bits per heavy atom. The first kappa shape index (κ1) is 12.5. The quantitative estimate of drug-likeness (QED) is 0.860. The minimum Gasteiger partial charge on any atom is -0.326 e. The molecule has 2 N–H and O–H groups in total. The number of nitrogens with zero attached hydrogens (tertiary/aromatic N) is 1. The number of benzene rings is 1. The average Bonchev–Trinajstić information content (AvgIpc) is 2.61. The molecule has 4 heteroatoms. The van der Waals surface area contributed by atoms with Crippen molar-refractivity contribution in [1.29, 1.82) is 0 Å². The second kappa shape index (κ2) is 4.70. The van der Waals surface area contributed by atoms with Gasteiger partial charge in [0.15, 0.2) is 0 Å². The number of rotatable bonds is 2. The van der Waals surface area contributed by atoms with E-state index < -0.39 is 11.6 Å². The largest absolute Gasteiger partial charge is 0.326 e. The minimum atomic E-state index is -0.502. The van der Waals surface area contributed by atoms with Crippen LogP contribution in [0.5, 0.6) is 0 Å². The van der Waals surface area contributed by atoms with E-state index in [-0.39, 0.29) is 23.7 Å². The molecule has 2 atom stereocenters. The van der Waals surface area contributed by atoms with E-state index in [1.54, 1.807) is 0 Å². The molecule has 2 nitrogen and oxygen atoms in total. The lowest BCUT2D eigenvalue weighted by molar-refractivity contribution is 0.190. The molecule has 1 heterocycles. The molecule has 1 saturated heterocycles. The van der Waals surface area contributed by atoms with Crippen molar-refractivity contribution in [3.8, 4) is 0 Å². The minimum absolute atomic E-state index is 0.117. The summed E-state index contributed by atoms with van der Waals surface area (Å²) in [4.78, 5) is 2.06. The first-order valence-electron chi connectivity index (χ1n) is 5.97. The van der Waals surface area contributed by atoms with E-state index in [1.165, 1.54) is 18.2 Å². The van der Waals surface area contributed by atoms with Crippen molar-refractivity contribution in [3.05, 3.63) is 35.4 Å². The standard InChI is InChI=1S/C13H18F2N2/c1-8(2)17-7-6-11(16)13(17)12-9(14)4-3-5-10(12)15/h3-5,8,11,13H,6-7,16H2,1-2H3. The summed E-state index contributed by atoms with van der Waals surface area (Å²) in [5, 5.41) is 0. The summed E-state index contributed by atoms with van der Waals surface area (Å²) in [5.41, 5.74) is 6.12. The van der Waals surface area contributed by atoms with Crippen LogP contribution in [0.4, 0.5) is 8.78 Å². The average molecular weight is 240 g/mol. The van der Waals surface area contributed by atoms with E-state index in [0.717, 1.165) is 13.0 Å².